The van der Waals surface area contributed by atoms with E-state index in [0.717, 1.165) is 25.0 Å². The van der Waals surface area contributed by atoms with Crippen molar-refractivity contribution in [2.24, 2.45) is 10.9 Å². The van der Waals surface area contributed by atoms with Crippen molar-refractivity contribution in [2.45, 2.75) is 52.5 Å². The average Bonchev–Trinajstić information content (AvgIpc) is 2.32. The Morgan fingerprint density at radius 1 is 1.15 bits per heavy atom. The third kappa shape index (κ3) is 10.7. The lowest BCUT2D eigenvalue weighted by atomic mass is 10.0. The molecule has 0 heterocycles. The van der Waals surface area contributed by atoms with Gasteiger partial charge in [-0.3, -0.25) is 4.99 Å². The summed E-state index contributed by atoms with van der Waals surface area (Å²) in [6.07, 6.45) is 3.79. The predicted octanol–water partition coefficient (Wildman–Crippen LogP) is 2.94. The number of guanidine groups is 1. The van der Waals surface area contributed by atoms with Gasteiger partial charge < -0.3 is 15.5 Å². The maximum absolute atomic E-state index is 4.26. The van der Waals surface area contributed by atoms with E-state index >= 15 is 0 Å². The lowest BCUT2D eigenvalue weighted by Gasteiger charge is -2.33. The van der Waals surface area contributed by atoms with Gasteiger partial charge in [0.15, 0.2) is 5.96 Å². The quantitative estimate of drug-likeness (QED) is 0.286. The van der Waals surface area contributed by atoms with Gasteiger partial charge in [-0.25, -0.2) is 0 Å². The van der Waals surface area contributed by atoms with Gasteiger partial charge in [-0.15, -0.1) is 24.0 Å². The van der Waals surface area contributed by atoms with Crippen LogP contribution in [0.3, 0.4) is 0 Å². The maximum Gasteiger partial charge on any atom is 0.191 e. The Bertz CT molecular complexity index is 263. The van der Waals surface area contributed by atoms with Crippen LogP contribution in [0.25, 0.3) is 0 Å². The summed E-state index contributed by atoms with van der Waals surface area (Å²) in [4.78, 5) is 6.48. The number of likely N-dealkylation sites (N-methyl/N-ethyl adjacent to an activating group) is 1. The highest BCUT2D eigenvalue weighted by atomic mass is 127. The number of hydrogen-bond acceptors (Lipinski definition) is 2. The average molecular weight is 398 g/mol. The van der Waals surface area contributed by atoms with Gasteiger partial charge in [-0.1, -0.05) is 26.7 Å². The number of rotatable bonds is 8. The first-order chi connectivity index (χ1) is 8.79. The molecule has 0 aromatic heterocycles. The van der Waals surface area contributed by atoms with Crippen LogP contribution < -0.4 is 10.6 Å². The third-order valence-electron chi connectivity index (χ3n) is 3.62. The second kappa shape index (κ2) is 11.6. The van der Waals surface area contributed by atoms with E-state index in [4.69, 9.17) is 0 Å². The van der Waals surface area contributed by atoms with Crippen molar-refractivity contribution in [3.8, 4) is 0 Å². The number of hydrogen-bond donors (Lipinski definition) is 2. The van der Waals surface area contributed by atoms with Crippen LogP contribution in [0.4, 0.5) is 0 Å². The van der Waals surface area contributed by atoms with Gasteiger partial charge in [0, 0.05) is 25.7 Å². The summed E-state index contributed by atoms with van der Waals surface area (Å²) in [5.74, 6) is 1.71. The second-order valence-corrected chi connectivity index (χ2v) is 6.45. The Morgan fingerprint density at radius 2 is 1.75 bits per heavy atom. The molecule has 0 aliphatic heterocycles. The number of halogens is 1. The van der Waals surface area contributed by atoms with Crippen LogP contribution >= 0.6 is 24.0 Å². The van der Waals surface area contributed by atoms with Crippen LogP contribution in [0, 0.1) is 5.92 Å². The molecule has 20 heavy (non-hydrogen) atoms. The standard InChI is InChI=1S/C15H34N4.HI/c1-13(2)10-8-9-11-17-14(16-5)18-12-15(3,4)19(6)7;/h13H,8-12H2,1-7H3,(H2,16,17,18);1H. The fourth-order valence-corrected chi connectivity index (χ4v) is 1.56. The zero-order valence-electron chi connectivity index (χ0n) is 14.4. The van der Waals surface area contributed by atoms with E-state index in [1.807, 2.05) is 7.05 Å². The van der Waals surface area contributed by atoms with Gasteiger partial charge in [0.05, 0.1) is 0 Å². The first-order valence-electron chi connectivity index (χ1n) is 7.41. The highest BCUT2D eigenvalue weighted by Crippen LogP contribution is 2.07. The van der Waals surface area contributed by atoms with Gasteiger partial charge in [0.1, 0.15) is 0 Å². The van der Waals surface area contributed by atoms with Crippen LogP contribution in [0.1, 0.15) is 47.0 Å². The highest BCUT2D eigenvalue weighted by Gasteiger charge is 2.20. The van der Waals surface area contributed by atoms with Gasteiger partial charge in [-0.05, 0) is 40.3 Å². The van der Waals surface area contributed by atoms with E-state index < -0.39 is 0 Å². The Balaban J connectivity index is 0. The maximum atomic E-state index is 4.26. The molecule has 4 nitrogen and oxygen atoms in total. The first kappa shape index (κ1) is 22.2. The van der Waals surface area contributed by atoms with Gasteiger partial charge >= 0.3 is 0 Å². The molecule has 122 valence electrons. The lowest BCUT2D eigenvalue weighted by Crippen LogP contribution is -2.50. The van der Waals surface area contributed by atoms with Crippen molar-refractivity contribution >= 4 is 29.9 Å². The van der Waals surface area contributed by atoms with E-state index in [-0.39, 0.29) is 29.5 Å². The molecule has 5 heteroatoms. The molecule has 2 N–H and O–H groups in total. The molecule has 0 saturated carbocycles. The summed E-state index contributed by atoms with van der Waals surface area (Å²) in [5.41, 5.74) is 0.120. The molecule has 0 fully saturated rings. The van der Waals surface area contributed by atoms with E-state index in [1.165, 1.54) is 19.3 Å². The highest BCUT2D eigenvalue weighted by molar-refractivity contribution is 14.0. The topological polar surface area (TPSA) is 39.7 Å². The van der Waals surface area contributed by atoms with E-state index in [9.17, 15) is 0 Å². The van der Waals surface area contributed by atoms with E-state index in [2.05, 4.69) is 62.3 Å². The van der Waals surface area contributed by atoms with Crippen molar-refractivity contribution < 1.29 is 0 Å². The van der Waals surface area contributed by atoms with Gasteiger partial charge in [-0.2, -0.15) is 0 Å². The fraction of sp³-hybridized carbons (Fsp3) is 0.933. The molecule has 0 amide bonds. The number of nitrogens with zero attached hydrogens (tertiary/aromatic N) is 2. The van der Waals surface area contributed by atoms with Crippen LogP contribution in [0.2, 0.25) is 0 Å². The molecule has 0 radical (unpaired) electrons. The molecule has 0 aliphatic carbocycles. The van der Waals surface area contributed by atoms with Crippen LogP contribution in [-0.2, 0) is 0 Å². The number of nitrogens with one attached hydrogen (secondary N) is 2. The molecule has 0 aromatic rings. The molecular formula is C15H35IN4. The van der Waals surface area contributed by atoms with Crippen LogP contribution in [0.5, 0.6) is 0 Å². The Hall–Kier alpha value is -0.0400. The molecular weight excluding hydrogens is 363 g/mol. The second-order valence-electron chi connectivity index (χ2n) is 6.45. The Labute approximate surface area is 143 Å². The Kier molecular flexibility index (Phi) is 12.9. The monoisotopic (exact) mass is 398 g/mol. The number of unbranched alkanes of at least 4 members (excludes halogenated alkanes) is 1. The summed E-state index contributed by atoms with van der Waals surface area (Å²) in [6.45, 7) is 10.9. The molecule has 0 aromatic carbocycles. The number of aliphatic imine (C=N–C) groups is 1. The third-order valence-corrected chi connectivity index (χ3v) is 3.62. The largest absolute Gasteiger partial charge is 0.356 e. The zero-order valence-corrected chi connectivity index (χ0v) is 16.7. The normalized spacial score (nSPS) is 12.6. The Morgan fingerprint density at radius 3 is 2.20 bits per heavy atom. The predicted molar refractivity (Wildman–Crippen MR) is 101 cm³/mol. The van der Waals surface area contributed by atoms with E-state index in [1.54, 1.807) is 0 Å². The van der Waals surface area contributed by atoms with Crippen molar-refractivity contribution in [3.63, 3.8) is 0 Å². The van der Waals surface area contributed by atoms with Crippen molar-refractivity contribution in [1.29, 1.82) is 0 Å². The molecule has 0 rings (SSSR count). The van der Waals surface area contributed by atoms with Crippen LogP contribution in [0.15, 0.2) is 4.99 Å². The van der Waals surface area contributed by atoms with E-state index in [0.29, 0.717) is 0 Å². The summed E-state index contributed by atoms with van der Waals surface area (Å²) in [7, 11) is 6.03. The summed E-state index contributed by atoms with van der Waals surface area (Å²) in [6, 6.07) is 0. The van der Waals surface area contributed by atoms with Crippen LogP contribution in [-0.4, -0.2) is 50.6 Å². The zero-order chi connectivity index (χ0) is 14.9. The van der Waals surface area contributed by atoms with Crippen molar-refractivity contribution in [3.05, 3.63) is 0 Å². The minimum Gasteiger partial charge on any atom is -0.356 e. The van der Waals surface area contributed by atoms with Crippen molar-refractivity contribution in [2.75, 3.05) is 34.2 Å². The first-order valence-corrected chi connectivity index (χ1v) is 7.41. The molecule has 0 saturated heterocycles. The molecule has 0 atom stereocenters. The minimum absolute atomic E-state index is 0. The SMILES string of the molecule is CN=C(NCCCCC(C)C)NCC(C)(C)N(C)C.I. The minimum atomic E-state index is 0. The molecule has 0 spiro atoms. The molecule has 0 aliphatic rings. The fourth-order valence-electron chi connectivity index (χ4n) is 1.56. The molecule has 0 unspecified atom stereocenters. The lowest BCUT2D eigenvalue weighted by molar-refractivity contribution is 0.197. The molecule has 0 bridgehead atoms. The van der Waals surface area contributed by atoms with Gasteiger partial charge in [0.25, 0.3) is 0 Å². The summed E-state index contributed by atoms with van der Waals surface area (Å²) < 4.78 is 0. The smallest absolute Gasteiger partial charge is 0.191 e. The summed E-state index contributed by atoms with van der Waals surface area (Å²) >= 11 is 0. The van der Waals surface area contributed by atoms with Crippen molar-refractivity contribution in [1.82, 2.24) is 15.5 Å². The summed E-state index contributed by atoms with van der Waals surface area (Å²) in [5, 5.41) is 6.76. The van der Waals surface area contributed by atoms with Gasteiger partial charge in [0.2, 0.25) is 0 Å².